The molecule has 0 spiro atoms. The Labute approximate surface area is 194 Å². The Morgan fingerprint density at radius 1 is 1.00 bits per heavy atom. The van der Waals surface area contributed by atoms with Gasteiger partial charge in [0.15, 0.2) is 0 Å². The molecule has 0 atom stereocenters. The zero-order valence-corrected chi connectivity index (χ0v) is 18.8. The highest BCUT2D eigenvalue weighted by Gasteiger charge is 2.12. The molecule has 0 fully saturated rings. The van der Waals surface area contributed by atoms with Crippen LogP contribution in [-0.2, 0) is 9.59 Å². The van der Waals surface area contributed by atoms with Crippen LogP contribution in [0, 0.1) is 18.3 Å². The van der Waals surface area contributed by atoms with Gasteiger partial charge in [0.2, 0.25) is 11.0 Å². The van der Waals surface area contributed by atoms with Gasteiger partial charge in [0, 0.05) is 12.6 Å². The maximum Gasteiger partial charge on any atom is 0.268 e. The molecular formula is C23H21N5O4S. The first-order chi connectivity index (χ1) is 15.9. The van der Waals surface area contributed by atoms with Gasteiger partial charge in [-0.3, -0.25) is 14.9 Å². The molecule has 3 aromatic rings. The van der Waals surface area contributed by atoms with E-state index in [0.717, 1.165) is 0 Å². The zero-order chi connectivity index (χ0) is 23.6. The molecule has 0 saturated carbocycles. The first-order valence-electron chi connectivity index (χ1n) is 9.89. The first-order valence-corrected chi connectivity index (χ1v) is 10.7. The zero-order valence-electron chi connectivity index (χ0n) is 18.0. The molecule has 0 unspecified atom stereocenters. The number of benzene rings is 2. The van der Waals surface area contributed by atoms with Crippen LogP contribution in [0.1, 0.15) is 17.5 Å². The van der Waals surface area contributed by atoms with Crippen LogP contribution in [0.4, 0.5) is 10.8 Å². The standard InChI is InChI=1S/C23H21N5O4S/c1-15(29)25-19-5-9-21(10-6-19)32-12-11-31-20-7-3-17(4-8-20)13-18(14-24)22(30)26-23-28-27-16(2)33-23/h3-10,13H,11-12H2,1-2H3,(H,25,29)(H,26,28,30). The number of nitrogens with one attached hydrogen (secondary N) is 2. The topological polar surface area (TPSA) is 126 Å². The highest BCUT2D eigenvalue weighted by molar-refractivity contribution is 7.15. The van der Waals surface area contributed by atoms with Crippen LogP contribution in [0.2, 0.25) is 0 Å². The van der Waals surface area contributed by atoms with Gasteiger partial charge in [-0.25, -0.2) is 0 Å². The number of anilines is 2. The average molecular weight is 464 g/mol. The molecule has 33 heavy (non-hydrogen) atoms. The molecule has 1 aromatic heterocycles. The monoisotopic (exact) mass is 463 g/mol. The van der Waals surface area contributed by atoms with E-state index in [1.165, 1.54) is 24.3 Å². The number of aryl methyl sites for hydroxylation is 1. The average Bonchev–Trinajstić information content (AvgIpc) is 3.21. The van der Waals surface area contributed by atoms with Gasteiger partial charge in [-0.05, 0) is 55.0 Å². The largest absolute Gasteiger partial charge is 0.490 e. The Morgan fingerprint density at radius 3 is 2.12 bits per heavy atom. The molecule has 1 heterocycles. The molecule has 2 aromatic carbocycles. The van der Waals surface area contributed by atoms with Crippen molar-refractivity contribution in [1.29, 1.82) is 5.26 Å². The Hall–Kier alpha value is -4.23. The van der Waals surface area contributed by atoms with E-state index in [0.29, 0.717) is 46.1 Å². The van der Waals surface area contributed by atoms with E-state index in [9.17, 15) is 14.9 Å². The summed E-state index contributed by atoms with van der Waals surface area (Å²) in [4.78, 5) is 23.3. The fraction of sp³-hybridized carbons (Fsp3) is 0.174. The van der Waals surface area contributed by atoms with Gasteiger partial charge in [0.25, 0.3) is 5.91 Å². The molecule has 0 aliphatic heterocycles. The summed E-state index contributed by atoms with van der Waals surface area (Å²) >= 11 is 1.23. The van der Waals surface area contributed by atoms with E-state index < -0.39 is 5.91 Å². The van der Waals surface area contributed by atoms with Gasteiger partial charge in [-0.1, -0.05) is 23.5 Å². The van der Waals surface area contributed by atoms with Gasteiger partial charge in [0.05, 0.1) is 0 Å². The third kappa shape index (κ3) is 7.45. The number of hydrogen-bond donors (Lipinski definition) is 2. The van der Waals surface area contributed by atoms with Gasteiger partial charge >= 0.3 is 0 Å². The second-order valence-corrected chi connectivity index (χ2v) is 7.90. The number of carbonyl (C=O) groups is 2. The smallest absolute Gasteiger partial charge is 0.268 e. The Kier molecular flexibility index (Phi) is 8.10. The number of ether oxygens (including phenoxy) is 2. The molecule has 0 saturated heterocycles. The summed E-state index contributed by atoms with van der Waals surface area (Å²) in [5.74, 6) is 0.619. The van der Waals surface area contributed by atoms with Crippen LogP contribution in [0.15, 0.2) is 54.1 Å². The van der Waals surface area contributed by atoms with E-state index in [1.807, 2.05) is 6.07 Å². The first kappa shape index (κ1) is 23.4. The number of hydrogen-bond acceptors (Lipinski definition) is 8. The Balaban J connectivity index is 1.47. The van der Waals surface area contributed by atoms with Gasteiger partial charge in [-0.2, -0.15) is 5.26 Å². The molecule has 9 nitrogen and oxygen atoms in total. The quantitative estimate of drug-likeness (QED) is 0.281. The van der Waals surface area contributed by atoms with E-state index in [2.05, 4.69) is 20.8 Å². The molecule has 10 heteroatoms. The van der Waals surface area contributed by atoms with Crippen LogP contribution in [-0.4, -0.2) is 35.2 Å². The summed E-state index contributed by atoms with van der Waals surface area (Å²) in [5, 5.41) is 23.3. The minimum atomic E-state index is -0.545. The number of amides is 2. The van der Waals surface area contributed by atoms with Crippen molar-refractivity contribution >= 4 is 40.0 Å². The lowest BCUT2D eigenvalue weighted by Crippen LogP contribution is -2.13. The van der Waals surface area contributed by atoms with E-state index in [1.54, 1.807) is 55.5 Å². The molecule has 0 bridgehead atoms. The maximum atomic E-state index is 12.3. The summed E-state index contributed by atoms with van der Waals surface area (Å²) in [7, 11) is 0. The summed E-state index contributed by atoms with van der Waals surface area (Å²) in [6.07, 6.45) is 1.49. The molecular weight excluding hydrogens is 442 g/mol. The van der Waals surface area contributed by atoms with Crippen molar-refractivity contribution < 1.29 is 19.1 Å². The third-order valence-corrected chi connectivity index (χ3v) is 4.85. The molecule has 2 N–H and O–H groups in total. The normalized spacial score (nSPS) is 10.8. The van der Waals surface area contributed by atoms with Crippen molar-refractivity contribution in [2.75, 3.05) is 23.8 Å². The maximum absolute atomic E-state index is 12.3. The van der Waals surface area contributed by atoms with Crippen molar-refractivity contribution in [3.63, 3.8) is 0 Å². The molecule has 3 rings (SSSR count). The fourth-order valence-corrected chi connectivity index (χ4v) is 3.23. The lowest BCUT2D eigenvalue weighted by atomic mass is 10.1. The van der Waals surface area contributed by atoms with Crippen molar-refractivity contribution in [2.24, 2.45) is 0 Å². The molecule has 2 amide bonds. The fourth-order valence-electron chi connectivity index (χ4n) is 2.64. The summed E-state index contributed by atoms with van der Waals surface area (Å²) in [6.45, 7) is 3.89. The van der Waals surface area contributed by atoms with Gasteiger partial charge < -0.3 is 14.8 Å². The number of nitrogens with zero attached hydrogens (tertiary/aromatic N) is 3. The van der Waals surface area contributed by atoms with Crippen LogP contribution < -0.4 is 20.1 Å². The van der Waals surface area contributed by atoms with Gasteiger partial charge in [-0.15, -0.1) is 10.2 Å². The van der Waals surface area contributed by atoms with E-state index in [-0.39, 0.29) is 11.5 Å². The number of rotatable bonds is 9. The molecule has 0 aliphatic rings. The van der Waals surface area contributed by atoms with Crippen LogP contribution in [0.25, 0.3) is 6.08 Å². The van der Waals surface area contributed by atoms with Gasteiger partial charge in [0.1, 0.15) is 41.4 Å². The number of carbonyl (C=O) groups excluding carboxylic acids is 2. The number of aromatic nitrogens is 2. The van der Waals surface area contributed by atoms with Crippen LogP contribution >= 0.6 is 11.3 Å². The predicted molar refractivity (Wildman–Crippen MR) is 125 cm³/mol. The van der Waals surface area contributed by atoms with Crippen molar-refractivity contribution in [3.05, 3.63) is 64.7 Å². The van der Waals surface area contributed by atoms with Crippen LogP contribution in [0.5, 0.6) is 11.5 Å². The Bertz CT molecular complexity index is 1180. The molecule has 168 valence electrons. The summed E-state index contributed by atoms with van der Waals surface area (Å²) < 4.78 is 11.3. The third-order valence-electron chi connectivity index (χ3n) is 4.10. The van der Waals surface area contributed by atoms with E-state index in [4.69, 9.17) is 9.47 Å². The predicted octanol–water partition coefficient (Wildman–Crippen LogP) is 3.81. The summed E-state index contributed by atoms with van der Waals surface area (Å²) in [5.41, 5.74) is 1.33. The second-order valence-electron chi connectivity index (χ2n) is 6.72. The SMILES string of the molecule is CC(=O)Nc1ccc(OCCOc2ccc(C=C(C#N)C(=O)Nc3nnc(C)s3)cc2)cc1. The van der Waals surface area contributed by atoms with Crippen molar-refractivity contribution in [1.82, 2.24) is 10.2 Å². The molecule has 0 radical (unpaired) electrons. The van der Waals surface area contributed by atoms with Crippen molar-refractivity contribution in [2.45, 2.75) is 13.8 Å². The minimum Gasteiger partial charge on any atom is -0.490 e. The highest BCUT2D eigenvalue weighted by Crippen LogP contribution is 2.18. The lowest BCUT2D eigenvalue weighted by Gasteiger charge is -2.09. The number of nitriles is 1. The molecule has 0 aliphatic carbocycles. The second kappa shape index (κ2) is 11.4. The summed E-state index contributed by atoms with van der Waals surface area (Å²) in [6, 6.07) is 15.9. The Morgan fingerprint density at radius 2 is 1.61 bits per heavy atom. The highest BCUT2D eigenvalue weighted by atomic mass is 32.1. The van der Waals surface area contributed by atoms with Crippen LogP contribution in [0.3, 0.4) is 0 Å². The lowest BCUT2D eigenvalue weighted by molar-refractivity contribution is -0.114. The van der Waals surface area contributed by atoms with Crippen molar-refractivity contribution in [3.8, 4) is 17.6 Å². The minimum absolute atomic E-state index is 0.0468. The van der Waals surface area contributed by atoms with E-state index >= 15 is 0 Å².